The summed E-state index contributed by atoms with van der Waals surface area (Å²) < 4.78 is 16.9. The first-order valence-corrected chi connectivity index (χ1v) is 9.05. The number of halogens is 1. The summed E-state index contributed by atoms with van der Waals surface area (Å²) in [4.78, 5) is 26.3. The molecule has 26 heavy (non-hydrogen) atoms. The highest BCUT2D eigenvalue weighted by Gasteiger charge is 2.50. The van der Waals surface area contributed by atoms with Crippen molar-refractivity contribution in [2.24, 2.45) is 0 Å². The van der Waals surface area contributed by atoms with E-state index in [4.69, 9.17) is 14.2 Å². The second kappa shape index (κ2) is 8.96. The van der Waals surface area contributed by atoms with Gasteiger partial charge in [0.1, 0.15) is 5.75 Å². The number of carbonyl (C=O) groups excluding carboxylic acids is 2. The van der Waals surface area contributed by atoms with Crippen LogP contribution in [0.4, 0.5) is 0 Å². The Hall–Kier alpha value is -2.18. The van der Waals surface area contributed by atoms with Crippen molar-refractivity contribution in [1.82, 2.24) is 0 Å². The first-order chi connectivity index (χ1) is 12.5. The Morgan fingerprint density at radius 2 is 1.73 bits per heavy atom. The number of benzene rings is 2. The molecule has 5 nitrogen and oxygen atoms in total. The van der Waals surface area contributed by atoms with Gasteiger partial charge < -0.3 is 14.2 Å². The number of rotatable bonds is 8. The van der Waals surface area contributed by atoms with Crippen molar-refractivity contribution in [2.45, 2.75) is 19.4 Å². The Morgan fingerprint density at radius 3 is 2.27 bits per heavy atom. The van der Waals surface area contributed by atoms with E-state index in [1.54, 1.807) is 63.4 Å². The molecule has 0 amide bonds. The number of hydrogen-bond acceptors (Lipinski definition) is 5. The smallest absolute Gasteiger partial charge is 0.351 e. The molecule has 0 spiro atoms. The second-order valence-electron chi connectivity index (χ2n) is 5.40. The van der Waals surface area contributed by atoms with E-state index in [1.807, 2.05) is 6.07 Å². The summed E-state index contributed by atoms with van der Waals surface area (Å²) in [7, 11) is 1.54. The zero-order valence-electron chi connectivity index (χ0n) is 15.0. The second-order valence-corrected chi connectivity index (χ2v) is 6.32. The quantitative estimate of drug-likeness (QED) is 0.364. The largest absolute Gasteiger partial charge is 0.497 e. The van der Waals surface area contributed by atoms with Gasteiger partial charge in [-0.2, -0.15) is 0 Å². The van der Waals surface area contributed by atoms with Crippen LogP contribution < -0.4 is 4.74 Å². The van der Waals surface area contributed by atoms with Gasteiger partial charge in [-0.3, -0.25) is 4.79 Å². The third-order valence-corrected chi connectivity index (χ3v) is 4.32. The molecule has 138 valence electrons. The number of ketones is 1. The van der Waals surface area contributed by atoms with Gasteiger partial charge in [0.25, 0.3) is 5.60 Å². The molecule has 2 aromatic carbocycles. The summed E-state index contributed by atoms with van der Waals surface area (Å²) in [6.07, 6.45) is 0. The van der Waals surface area contributed by atoms with E-state index in [9.17, 15) is 9.59 Å². The van der Waals surface area contributed by atoms with E-state index in [1.165, 1.54) is 0 Å². The molecule has 0 bridgehead atoms. The van der Waals surface area contributed by atoms with Gasteiger partial charge in [0.05, 0.1) is 13.7 Å². The van der Waals surface area contributed by atoms with Gasteiger partial charge in [-0.1, -0.05) is 28.1 Å². The average Bonchev–Trinajstić information content (AvgIpc) is 2.65. The minimum atomic E-state index is -1.87. The van der Waals surface area contributed by atoms with Crippen LogP contribution in [0.5, 0.6) is 5.75 Å². The van der Waals surface area contributed by atoms with E-state index >= 15 is 0 Å². The lowest BCUT2D eigenvalue weighted by molar-refractivity contribution is -0.166. The van der Waals surface area contributed by atoms with Crippen molar-refractivity contribution in [3.63, 3.8) is 0 Å². The van der Waals surface area contributed by atoms with Crippen LogP contribution in [-0.2, 0) is 19.9 Å². The van der Waals surface area contributed by atoms with Gasteiger partial charge >= 0.3 is 5.97 Å². The zero-order chi connectivity index (χ0) is 19.2. The van der Waals surface area contributed by atoms with Gasteiger partial charge in [0.2, 0.25) is 5.78 Å². The molecule has 0 aliphatic carbocycles. The summed E-state index contributed by atoms with van der Waals surface area (Å²) in [6, 6.07) is 13.5. The maximum absolute atomic E-state index is 13.4. The van der Waals surface area contributed by atoms with Crippen molar-refractivity contribution in [3.8, 4) is 5.75 Å². The number of hydrogen-bond donors (Lipinski definition) is 0. The molecule has 0 radical (unpaired) electrons. The van der Waals surface area contributed by atoms with Gasteiger partial charge in [0.15, 0.2) is 0 Å². The first kappa shape index (κ1) is 20.1. The third-order valence-electron chi connectivity index (χ3n) is 3.83. The highest BCUT2D eigenvalue weighted by atomic mass is 79.9. The average molecular weight is 421 g/mol. The Morgan fingerprint density at radius 1 is 1.04 bits per heavy atom. The van der Waals surface area contributed by atoms with Crippen LogP contribution in [0.25, 0.3) is 0 Å². The fourth-order valence-electron chi connectivity index (χ4n) is 2.65. The van der Waals surface area contributed by atoms with Crippen LogP contribution in [0.2, 0.25) is 0 Å². The molecular formula is C20H21BrO5. The highest BCUT2D eigenvalue weighted by Crippen LogP contribution is 2.34. The molecule has 2 aromatic rings. The van der Waals surface area contributed by atoms with Crippen molar-refractivity contribution < 1.29 is 23.8 Å². The molecule has 0 saturated heterocycles. The molecular weight excluding hydrogens is 400 g/mol. The minimum Gasteiger partial charge on any atom is -0.497 e. The van der Waals surface area contributed by atoms with Gasteiger partial charge in [0, 0.05) is 22.2 Å². The van der Waals surface area contributed by atoms with E-state index < -0.39 is 17.4 Å². The summed E-state index contributed by atoms with van der Waals surface area (Å²) in [5.74, 6) is -0.610. The minimum absolute atomic E-state index is 0.136. The molecule has 0 saturated carbocycles. The summed E-state index contributed by atoms with van der Waals surface area (Å²) in [6.45, 7) is 3.71. The number of Topliss-reactive ketones (excluding diaryl/α,β-unsaturated/α-hetero) is 1. The zero-order valence-corrected chi connectivity index (χ0v) is 16.5. The van der Waals surface area contributed by atoms with E-state index in [0.29, 0.717) is 16.9 Å². The number of ether oxygens (including phenoxy) is 3. The van der Waals surface area contributed by atoms with Gasteiger partial charge in [-0.25, -0.2) is 4.79 Å². The van der Waals surface area contributed by atoms with Crippen LogP contribution in [0.15, 0.2) is 53.0 Å². The standard InChI is InChI=1S/C20H21BrO5/c1-4-25-19(23)20(26-5-2,15-7-6-8-16(21)13-15)18(22)14-9-11-17(24-3)12-10-14/h6-13H,4-5H2,1-3H3. The Labute approximate surface area is 161 Å². The lowest BCUT2D eigenvalue weighted by atomic mass is 9.85. The van der Waals surface area contributed by atoms with E-state index in [-0.39, 0.29) is 13.2 Å². The molecule has 6 heteroatoms. The number of carbonyl (C=O) groups is 2. The van der Waals surface area contributed by atoms with Crippen LogP contribution in [0, 0.1) is 0 Å². The van der Waals surface area contributed by atoms with Crippen molar-refractivity contribution in [2.75, 3.05) is 20.3 Å². The highest BCUT2D eigenvalue weighted by molar-refractivity contribution is 9.10. The van der Waals surface area contributed by atoms with Crippen molar-refractivity contribution >= 4 is 27.7 Å². The Kier molecular flexibility index (Phi) is 6.94. The third kappa shape index (κ3) is 3.97. The molecule has 1 unspecified atom stereocenters. The van der Waals surface area contributed by atoms with E-state index in [2.05, 4.69) is 15.9 Å². The molecule has 1 atom stereocenters. The molecule has 0 N–H and O–H groups in total. The molecule has 0 aliphatic rings. The van der Waals surface area contributed by atoms with Crippen molar-refractivity contribution in [1.29, 1.82) is 0 Å². The monoisotopic (exact) mass is 420 g/mol. The number of methoxy groups -OCH3 is 1. The van der Waals surface area contributed by atoms with Crippen LogP contribution in [-0.4, -0.2) is 32.1 Å². The summed E-state index contributed by atoms with van der Waals surface area (Å²) in [5.41, 5.74) is -1.14. The predicted molar refractivity (Wildman–Crippen MR) is 101 cm³/mol. The Balaban J connectivity index is 2.63. The van der Waals surface area contributed by atoms with Gasteiger partial charge in [-0.15, -0.1) is 0 Å². The topological polar surface area (TPSA) is 61.8 Å². The molecule has 0 aromatic heterocycles. The number of esters is 1. The van der Waals surface area contributed by atoms with Crippen LogP contribution >= 0.6 is 15.9 Å². The maximum Gasteiger partial charge on any atom is 0.351 e. The van der Waals surface area contributed by atoms with E-state index in [0.717, 1.165) is 4.47 Å². The Bertz CT molecular complexity index is 772. The molecule has 0 heterocycles. The van der Waals surface area contributed by atoms with Crippen LogP contribution in [0.1, 0.15) is 29.8 Å². The van der Waals surface area contributed by atoms with Gasteiger partial charge in [-0.05, 0) is 50.2 Å². The lowest BCUT2D eigenvalue weighted by Crippen LogP contribution is -2.47. The lowest BCUT2D eigenvalue weighted by Gasteiger charge is -2.30. The molecule has 2 rings (SSSR count). The normalized spacial score (nSPS) is 12.9. The van der Waals surface area contributed by atoms with Crippen molar-refractivity contribution in [3.05, 3.63) is 64.1 Å². The first-order valence-electron chi connectivity index (χ1n) is 8.25. The molecule has 0 aliphatic heterocycles. The fourth-order valence-corrected chi connectivity index (χ4v) is 3.05. The predicted octanol–water partition coefficient (Wildman–Crippen LogP) is 4.14. The van der Waals surface area contributed by atoms with Crippen LogP contribution in [0.3, 0.4) is 0 Å². The summed E-state index contributed by atoms with van der Waals surface area (Å²) in [5, 5.41) is 0. The maximum atomic E-state index is 13.4. The molecule has 0 fully saturated rings. The fraction of sp³-hybridized carbons (Fsp3) is 0.300. The SMILES string of the molecule is CCOC(=O)C(OCC)(C(=O)c1ccc(OC)cc1)c1cccc(Br)c1. The summed E-state index contributed by atoms with van der Waals surface area (Å²) >= 11 is 3.38.